The van der Waals surface area contributed by atoms with E-state index in [2.05, 4.69) is 22.0 Å². The average Bonchev–Trinajstić information content (AvgIpc) is 3.01. The van der Waals surface area contributed by atoms with Gasteiger partial charge in [-0.1, -0.05) is 29.8 Å². The number of aryl methyl sites for hydroxylation is 1. The van der Waals surface area contributed by atoms with Gasteiger partial charge in [-0.05, 0) is 77.8 Å². The lowest BCUT2D eigenvalue weighted by molar-refractivity contribution is -0.145. The van der Waals surface area contributed by atoms with Gasteiger partial charge >= 0.3 is 5.97 Å². The number of imide groups is 1. The molecule has 0 spiro atoms. The zero-order valence-electron chi connectivity index (χ0n) is 18.6. The van der Waals surface area contributed by atoms with Gasteiger partial charge in [-0.25, -0.2) is 0 Å². The first-order valence-corrected chi connectivity index (χ1v) is 12.0. The van der Waals surface area contributed by atoms with Gasteiger partial charge in [0.2, 0.25) is 0 Å². The van der Waals surface area contributed by atoms with Crippen LogP contribution >= 0.6 is 27.7 Å². The molecule has 2 aromatic carbocycles. The van der Waals surface area contributed by atoms with Crippen molar-refractivity contribution in [2.24, 2.45) is 0 Å². The molecule has 2 amide bonds. The van der Waals surface area contributed by atoms with Gasteiger partial charge in [0.15, 0.2) is 11.5 Å². The molecule has 9 heteroatoms. The molecule has 3 rings (SSSR count). The van der Waals surface area contributed by atoms with Crippen LogP contribution in [-0.2, 0) is 20.9 Å². The molecule has 0 unspecified atom stereocenters. The Morgan fingerprint density at radius 2 is 1.91 bits per heavy atom. The number of hydrogen-bond donors (Lipinski definition) is 0. The van der Waals surface area contributed by atoms with E-state index in [0.29, 0.717) is 34.7 Å². The summed E-state index contributed by atoms with van der Waals surface area (Å²) in [6.45, 7) is 6.11. The van der Waals surface area contributed by atoms with Crippen LogP contribution < -0.4 is 9.47 Å². The second-order valence-corrected chi connectivity index (χ2v) is 8.96. The number of esters is 1. The molecule has 0 aromatic heterocycles. The zero-order valence-corrected chi connectivity index (χ0v) is 21.0. The van der Waals surface area contributed by atoms with E-state index in [4.69, 9.17) is 14.2 Å². The fourth-order valence-electron chi connectivity index (χ4n) is 3.16. The Hall–Kier alpha value is -2.78. The molecule has 2 aromatic rings. The number of carbonyl (C=O) groups excluding carboxylic acids is 3. The zero-order chi connectivity index (χ0) is 24.0. The van der Waals surface area contributed by atoms with Crippen molar-refractivity contribution in [2.75, 3.05) is 19.8 Å². The van der Waals surface area contributed by atoms with E-state index in [0.717, 1.165) is 27.8 Å². The Labute approximate surface area is 205 Å². The molecule has 33 heavy (non-hydrogen) atoms. The topological polar surface area (TPSA) is 82.1 Å². The first-order valence-electron chi connectivity index (χ1n) is 10.4. The number of halogens is 1. The average molecular weight is 534 g/mol. The molecule has 7 nitrogen and oxygen atoms in total. The summed E-state index contributed by atoms with van der Waals surface area (Å²) in [5.41, 5.74) is 2.83. The summed E-state index contributed by atoms with van der Waals surface area (Å²) >= 11 is 4.31. The summed E-state index contributed by atoms with van der Waals surface area (Å²) in [5.74, 6) is -0.105. The molecule has 0 bridgehead atoms. The summed E-state index contributed by atoms with van der Waals surface area (Å²) in [5, 5.41) is -0.512. The third kappa shape index (κ3) is 6.39. The lowest BCUT2D eigenvalue weighted by Crippen LogP contribution is -2.34. The molecule has 0 aliphatic carbocycles. The Kier molecular flexibility index (Phi) is 8.57. The minimum atomic E-state index is -0.627. The minimum Gasteiger partial charge on any atom is -0.490 e. The summed E-state index contributed by atoms with van der Waals surface area (Å²) in [7, 11) is 0. The molecule has 0 radical (unpaired) electrons. The molecule has 1 aliphatic rings. The lowest BCUT2D eigenvalue weighted by Gasteiger charge is -2.15. The van der Waals surface area contributed by atoms with Gasteiger partial charge in [-0.3, -0.25) is 19.3 Å². The van der Waals surface area contributed by atoms with E-state index >= 15 is 0 Å². The van der Waals surface area contributed by atoms with Crippen molar-refractivity contribution in [3.63, 3.8) is 0 Å². The largest absolute Gasteiger partial charge is 0.490 e. The Morgan fingerprint density at radius 3 is 2.61 bits per heavy atom. The first-order chi connectivity index (χ1) is 15.8. The third-order valence-corrected chi connectivity index (χ3v) is 6.06. The Balaban J connectivity index is 1.82. The van der Waals surface area contributed by atoms with Crippen LogP contribution in [0.5, 0.6) is 11.5 Å². The minimum absolute atomic E-state index is 0.178. The van der Waals surface area contributed by atoms with Gasteiger partial charge in [-0.15, -0.1) is 0 Å². The summed E-state index contributed by atoms with van der Waals surface area (Å²) in [4.78, 5) is 37.7. The van der Waals surface area contributed by atoms with Gasteiger partial charge in [0.1, 0.15) is 13.2 Å². The monoisotopic (exact) mass is 533 g/mol. The number of benzene rings is 2. The van der Waals surface area contributed by atoms with Gasteiger partial charge < -0.3 is 14.2 Å². The van der Waals surface area contributed by atoms with Gasteiger partial charge in [0, 0.05) is 0 Å². The molecule has 1 heterocycles. The molecule has 1 fully saturated rings. The van der Waals surface area contributed by atoms with Crippen LogP contribution in [0.2, 0.25) is 0 Å². The number of ether oxygens (including phenoxy) is 3. The van der Waals surface area contributed by atoms with Crippen LogP contribution in [0.1, 0.15) is 30.5 Å². The summed E-state index contributed by atoms with van der Waals surface area (Å²) in [6.07, 6.45) is 1.59. The van der Waals surface area contributed by atoms with Crippen molar-refractivity contribution in [1.82, 2.24) is 4.90 Å². The maximum atomic E-state index is 12.6. The van der Waals surface area contributed by atoms with Crippen molar-refractivity contribution < 1.29 is 28.6 Å². The van der Waals surface area contributed by atoms with Gasteiger partial charge in [0.25, 0.3) is 11.1 Å². The SMILES string of the molecule is CCOC(=O)CN1C(=O)S/C(=C/c2cc(Br)c(OCc3cccc(C)c3)c(OCC)c2)C1=O. The van der Waals surface area contributed by atoms with Crippen molar-refractivity contribution in [3.8, 4) is 11.5 Å². The third-order valence-electron chi connectivity index (χ3n) is 4.56. The highest BCUT2D eigenvalue weighted by atomic mass is 79.9. The van der Waals surface area contributed by atoms with Gasteiger partial charge in [0.05, 0.1) is 22.6 Å². The van der Waals surface area contributed by atoms with Gasteiger partial charge in [-0.2, -0.15) is 0 Å². The number of nitrogens with zero attached hydrogens (tertiary/aromatic N) is 1. The van der Waals surface area contributed by atoms with E-state index in [-0.39, 0.29) is 11.5 Å². The molecule has 1 aliphatic heterocycles. The smallest absolute Gasteiger partial charge is 0.326 e. The van der Waals surface area contributed by atoms with E-state index < -0.39 is 23.7 Å². The fourth-order valence-corrected chi connectivity index (χ4v) is 4.57. The lowest BCUT2D eigenvalue weighted by atomic mass is 10.1. The van der Waals surface area contributed by atoms with Crippen LogP contribution in [0.3, 0.4) is 0 Å². The highest BCUT2D eigenvalue weighted by Crippen LogP contribution is 2.39. The molecule has 0 atom stereocenters. The number of thioether (sulfide) groups is 1. The molecular weight excluding hydrogens is 510 g/mol. The predicted octanol–water partition coefficient (Wildman–Crippen LogP) is 5.33. The van der Waals surface area contributed by atoms with E-state index in [1.165, 1.54) is 0 Å². The van der Waals surface area contributed by atoms with E-state index in [1.54, 1.807) is 25.1 Å². The molecule has 0 saturated carbocycles. The number of amides is 2. The van der Waals surface area contributed by atoms with Crippen LogP contribution in [0.15, 0.2) is 45.8 Å². The normalized spacial score (nSPS) is 14.7. The first kappa shape index (κ1) is 24.9. The quantitative estimate of drug-likeness (QED) is 0.318. The second-order valence-electron chi connectivity index (χ2n) is 7.11. The second kappa shape index (κ2) is 11.4. The number of rotatable bonds is 9. The molecular formula is C24H24BrNO6S. The molecule has 174 valence electrons. The van der Waals surface area contributed by atoms with Crippen LogP contribution in [-0.4, -0.2) is 41.8 Å². The molecule has 0 N–H and O–H groups in total. The number of carbonyl (C=O) groups is 3. The van der Waals surface area contributed by atoms with Crippen LogP contribution in [0, 0.1) is 6.92 Å². The van der Waals surface area contributed by atoms with Crippen molar-refractivity contribution >= 4 is 50.9 Å². The maximum absolute atomic E-state index is 12.6. The van der Waals surface area contributed by atoms with Crippen LogP contribution in [0.25, 0.3) is 6.08 Å². The van der Waals surface area contributed by atoms with Crippen molar-refractivity contribution in [1.29, 1.82) is 0 Å². The highest BCUT2D eigenvalue weighted by Gasteiger charge is 2.36. The summed E-state index contributed by atoms with van der Waals surface area (Å²) < 4.78 is 17.3. The van der Waals surface area contributed by atoms with Crippen molar-refractivity contribution in [3.05, 3.63) is 62.5 Å². The van der Waals surface area contributed by atoms with E-state index in [9.17, 15) is 14.4 Å². The standard InChI is InChI=1S/C24H24BrNO6S/c1-4-30-19-11-17(10-18(25)22(19)32-14-16-8-6-7-15(3)9-16)12-20-23(28)26(24(29)33-20)13-21(27)31-5-2/h6-12H,4-5,13-14H2,1-3H3/b20-12+. The fraction of sp³-hybridized carbons (Fsp3) is 0.292. The Morgan fingerprint density at radius 1 is 1.12 bits per heavy atom. The molecule has 1 saturated heterocycles. The van der Waals surface area contributed by atoms with Crippen molar-refractivity contribution in [2.45, 2.75) is 27.4 Å². The predicted molar refractivity (Wildman–Crippen MR) is 130 cm³/mol. The maximum Gasteiger partial charge on any atom is 0.326 e. The van der Waals surface area contributed by atoms with Crippen LogP contribution in [0.4, 0.5) is 4.79 Å². The Bertz CT molecular complexity index is 1100. The summed E-state index contributed by atoms with van der Waals surface area (Å²) in [6, 6.07) is 11.6. The van der Waals surface area contributed by atoms with E-state index in [1.807, 2.05) is 32.0 Å². The highest BCUT2D eigenvalue weighted by molar-refractivity contribution is 9.10. The number of hydrogen-bond acceptors (Lipinski definition) is 7.